The van der Waals surface area contributed by atoms with Gasteiger partial charge in [0.05, 0.1) is 34.5 Å². The lowest BCUT2D eigenvalue weighted by molar-refractivity contribution is 0.119. The highest BCUT2D eigenvalue weighted by atomic mass is 14.5. The number of rotatable bonds is 4. The summed E-state index contributed by atoms with van der Waals surface area (Å²) in [5, 5.41) is 27.6. The van der Waals surface area contributed by atoms with Gasteiger partial charge in [-0.25, -0.2) is 0 Å². The fourth-order valence-corrected chi connectivity index (χ4v) is 2.12. The lowest BCUT2D eigenvalue weighted by atomic mass is 9.61. The van der Waals surface area contributed by atoms with Gasteiger partial charge in [-0.3, -0.25) is 0 Å². The summed E-state index contributed by atoms with van der Waals surface area (Å²) in [5.74, 6) is -0.139. The smallest absolute Gasteiger partial charge is 0.0687 e. The topological polar surface area (TPSA) is 71.4 Å². The van der Waals surface area contributed by atoms with Crippen molar-refractivity contribution < 1.29 is 0 Å². The van der Waals surface area contributed by atoms with E-state index in [1.165, 1.54) is 0 Å². The average Bonchev–Trinajstić information content (AvgIpc) is 2.25. The zero-order chi connectivity index (χ0) is 13.9. The Morgan fingerprint density at radius 3 is 1.35 bits per heavy atom. The lowest BCUT2D eigenvalue weighted by Gasteiger charge is -2.39. The Kier molecular flexibility index (Phi) is 4.34. The van der Waals surface area contributed by atoms with E-state index in [0.717, 1.165) is 0 Å². The standard InChI is InChI=1S/C14H21N3/c1-12(2,8-15)7-11(13(3,4)9-16)14(5,6)10-17/h11H,7H2,1-6H3. The molecule has 0 saturated heterocycles. The second kappa shape index (κ2) is 4.77. The third kappa shape index (κ3) is 3.76. The van der Waals surface area contributed by atoms with Crippen molar-refractivity contribution in [1.29, 1.82) is 15.8 Å². The van der Waals surface area contributed by atoms with Gasteiger partial charge < -0.3 is 0 Å². The maximum Gasteiger partial charge on any atom is 0.0687 e. The van der Waals surface area contributed by atoms with Crippen LogP contribution in [0.3, 0.4) is 0 Å². The average molecular weight is 231 g/mol. The maximum absolute atomic E-state index is 9.25. The summed E-state index contributed by atoms with van der Waals surface area (Å²) >= 11 is 0. The van der Waals surface area contributed by atoms with E-state index in [1.807, 2.05) is 41.5 Å². The molecule has 92 valence electrons. The van der Waals surface area contributed by atoms with Crippen LogP contribution in [0.5, 0.6) is 0 Å². The molecule has 0 heterocycles. The summed E-state index contributed by atoms with van der Waals surface area (Å²) in [6.45, 7) is 11.0. The molecule has 0 fully saturated rings. The molecule has 0 aliphatic carbocycles. The van der Waals surface area contributed by atoms with Gasteiger partial charge in [0.2, 0.25) is 0 Å². The summed E-state index contributed by atoms with van der Waals surface area (Å²) in [6.07, 6.45) is 0.546. The highest BCUT2D eigenvalue weighted by Crippen LogP contribution is 2.46. The van der Waals surface area contributed by atoms with Crippen LogP contribution < -0.4 is 0 Å². The summed E-state index contributed by atoms with van der Waals surface area (Å²) in [7, 11) is 0. The van der Waals surface area contributed by atoms with E-state index in [4.69, 9.17) is 5.26 Å². The van der Waals surface area contributed by atoms with Gasteiger partial charge in [-0.15, -0.1) is 0 Å². The van der Waals surface area contributed by atoms with Crippen LogP contribution in [0, 0.1) is 56.2 Å². The van der Waals surface area contributed by atoms with Crippen molar-refractivity contribution in [2.45, 2.75) is 48.0 Å². The zero-order valence-corrected chi connectivity index (χ0v) is 11.6. The first kappa shape index (κ1) is 15.5. The molecule has 3 heteroatoms. The van der Waals surface area contributed by atoms with Gasteiger partial charge in [-0.1, -0.05) is 0 Å². The predicted molar refractivity (Wildman–Crippen MR) is 66.3 cm³/mol. The van der Waals surface area contributed by atoms with Crippen molar-refractivity contribution in [2.75, 3.05) is 0 Å². The molecule has 0 N–H and O–H groups in total. The van der Waals surface area contributed by atoms with Crippen molar-refractivity contribution in [2.24, 2.45) is 22.2 Å². The highest BCUT2D eigenvalue weighted by molar-refractivity contribution is 5.10. The molecule has 0 rings (SSSR count). The minimum Gasteiger partial charge on any atom is -0.198 e. The van der Waals surface area contributed by atoms with E-state index in [2.05, 4.69) is 18.2 Å². The number of nitrogens with zero attached hydrogens (tertiary/aromatic N) is 3. The third-order valence-corrected chi connectivity index (χ3v) is 3.34. The fourth-order valence-electron chi connectivity index (χ4n) is 2.12. The Hall–Kier alpha value is -1.53. The van der Waals surface area contributed by atoms with Gasteiger partial charge in [0, 0.05) is 0 Å². The molecule has 0 aliphatic rings. The van der Waals surface area contributed by atoms with Gasteiger partial charge >= 0.3 is 0 Å². The molecule has 0 saturated carbocycles. The van der Waals surface area contributed by atoms with Crippen molar-refractivity contribution in [1.82, 2.24) is 0 Å². The molecule has 0 amide bonds. The van der Waals surface area contributed by atoms with Crippen LogP contribution in [0.15, 0.2) is 0 Å². The van der Waals surface area contributed by atoms with Crippen molar-refractivity contribution >= 4 is 0 Å². The molecular formula is C14H21N3. The van der Waals surface area contributed by atoms with Gasteiger partial charge in [0.1, 0.15) is 0 Å². The highest BCUT2D eigenvalue weighted by Gasteiger charge is 2.44. The molecule has 0 aromatic rings. The normalized spacial score (nSPS) is 12.7. The number of hydrogen-bond donors (Lipinski definition) is 0. The molecule has 0 spiro atoms. The van der Waals surface area contributed by atoms with Gasteiger partial charge in [0.15, 0.2) is 0 Å². The van der Waals surface area contributed by atoms with Crippen molar-refractivity contribution in [3.63, 3.8) is 0 Å². The van der Waals surface area contributed by atoms with Crippen molar-refractivity contribution in [3.8, 4) is 18.2 Å². The quantitative estimate of drug-likeness (QED) is 0.741. The van der Waals surface area contributed by atoms with Gasteiger partial charge in [-0.05, 0) is 53.9 Å². The second-order valence-electron chi connectivity index (χ2n) is 6.42. The Bertz CT molecular complexity index is 371. The Balaban J connectivity index is 5.43. The summed E-state index contributed by atoms with van der Waals surface area (Å²) in [4.78, 5) is 0. The van der Waals surface area contributed by atoms with E-state index in [0.29, 0.717) is 6.42 Å². The molecule has 0 unspecified atom stereocenters. The largest absolute Gasteiger partial charge is 0.198 e. The van der Waals surface area contributed by atoms with Gasteiger partial charge in [-0.2, -0.15) is 15.8 Å². The first-order valence-electron chi connectivity index (χ1n) is 5.76. The minimum atomic E-state index is -0.618. The Labute approximate surface area is 105 Å². The first-order chi connectivity index (χ1) is 7.52. The number of nitriles is 3. The predicted octanol–water partition coefficient (Wildman–Crippen LogP) is 3.64. The van der Waals surface area contributed by atoms with Crippen LogP contribution >= 0.6 is 0 Å². The molecule has 0 bridgehead atoms. The molecule has 3 nitrogen and oxygen atoms in total. The number of hydrogen-bond acceptors (Lipinski definition) is 3. The molecular weight excluding hydrogens is 210 g/mol. The zero-order valence-electron chi connectivity index (χ0n) is 11.6. The lowest BCUT2D eigenvalue weighted by Crippen LogP contribution is -2.37. The van der Waals surface area contributed by atoms with E-state index >= 15 is 0 Å². The Morgan fingerprint density at radius 1 is 0.765 bits per heavy atom. The van der Waals surface area contributed by atoms with E-state index < -0.39 is 16.2 Å². The maximum atomic E-state index is 9.25. The minimum absolute atomic E-state index is 0.139. The van der Waals surface area contributed by atoms with Crippen LogP contribution in [0.25, 0.3) is 0 Å². The van der Waals surface area contributed by atoms with E-state index in [9.17, 15) is 10.5 Å². The molecule has 0 aromatic heterocycles. The SMILES string of the molecule is CC(C)(C#N)CC(C(C)(C)C#N)C(C)(C)C#N. The monoisotopic (exact) mass is 231 g/mol. The van der Waals surface area contributed by atoms with Crippen LogP contribution in [-0.2, 0) is 0 Å². The Morgan fingerprint density at radius 2 is 1.12 bits per heavy atom. The van der Waals surface area contributed by atoms with Crippen LogP contribution in [0.4, 0.5) is 0 Å². The van der Waals surface area contributed by atoms with E-state index in [1.54, 1.807) is 0 Å². The molecule has 0 aromatic carbocycles. The fraction of sp³-hybridized carbons (Fsp3) is 0.786. The van der Waals surface area contributed by atoms with Crippen LogP contribution in [0.1, 0.15) is 48.0 Å². The van der Waals surface area contributed by atoms with Crippen LogP contribution in [0.2, 0.25) is 0 Å². The molecule has 0 radical (unpaired) electrons. The first-order valence-corrected chi connectivity index (χ1v) is 5.76. The van der Waals surface area contributed by atoms with E-state index in [-0.39, 0.29) is 5.92 Å². The van der Waals surface area contributed by atoms with Gasteiger partial charge in [0.25, 0.3) is 0 Å². The molecule has 0 aliphatic heterocycles. The molecule has 17 heavy (non-hydrogen) atoms. The van der Waals surface area contributed by atoms with Crippen LogP contribution in [-0.4, -0.2) is 0 Å². The molecule has 0 atom stereocenters. The summed E-state index contributed by atoms with van der Waals surface area (Å²) in [6, 6.07) is 6.78. The second-order valence-corrected chi connectivity index (χ2v) is 6.42. The third-order valence-electron chi connectivity index (χ3n) is 3.34. The summed E-state index contributed by atoms with van der Waals surface area (Å²) < 4.78 is 0. The summed E-state index contributed by atoms with van der Waals surface area (Å²) in [5.41, 5.74) is -1.76. The van der Waals surface area contributed by atoms with Crippen molar-refractivity contribution in [3.05, 3.63) is 0 Å².